The predicted octanol–water partition coefficient (Wildman–Crippen LogP) is 0.356. The number of piperidine rings is 1. The van der Waals surface area contributed by atoms with Crippen LogP contribution in [0.25, 0.3) is 0 Å². The molecule has 172 valence electrons. The number of ether oxygens (including phenoxy) is 1. The van der Waals surface area contributed by atoms with E-state index < -0.39 is 0 Å². The maximum absolute atomic E-state index is 12.9. The van der Waals surface area contributed by atoms with E-state index in [1.165, 1.54) is 0 Å². The van der Waals surface area contributed by atoms with Crippen molar-refractivity contribution in [1.29, 1.82) is 0 Å². The van der Waals surface area contributed by atoms with E-state index in [9.17, 15) is 9.59 Å². The van der Waals surface area contributed by atoms with Crippen LogP contribution in [0, 0.1) is 11.8 Å². The summed E-state index contributed by atoms with van der Waals surface area (Å²) in [6.07, 6.45) is 2.41. The van der Waals surface area contributed by atoms with E-state index >= 15 is 0 Å². The summed E-state index contributed by atoms with van der Waals surface area (Å²) in [7, 11) is 0. The SMILES string of the molecule is CC(=O)N1CCN(C(=O)C[C@@H]2CCNC[C@@H]2Cc2cc(CN3CCOCC3)on2)CC1. The molecule has 0 unspecified atom stereocenters. The number of hydrogen-bond donors (Lipinski definition) is 1. The molecular formula is C22H35N5O4. The standard InChI is InChI=1S/C22H35N5O4/c1-17(28)26-4-6-27(7-5-26)22(29)13-18-2-3-23-15-19(18)12-20-14-21(31-24-20)16-25-8-10-30-11-9-25/h14,18-19,23H,2-13,15-16H2,1H3/t18-,19-/m0/s1. The van der Waals surface area contributed by atoms with Gasteiger partial charge in [0.2, 0.25) is 11.8 Å². The number of nitrogens with zero attached hydrogens (tertiary/aromatic N) is 4. The molecule has 9 heteroatoms. The summed E-state index contributed by atoms with van der Waals surface area (Å²) in [6, 6.07) is 2.07. The predicted molar refractivity (Wildman–Crippen MR) is 114 cm³/mol. The molecule has 4 heterocycles. The van der Waals surface area contributed by atoms with Gasteiger partial charge in [-0.15, -0.1) is 0 Å². The fourth-order valence-electron chi connectivity index (χ4n) is 4.88. The minimum Gasteiger partial charge on any atom is -0.379 e. The smallest absolute Gasteiger partial charge is 0.222 e. The number of hydrogen-bond acceptors (Lipinski definition) is 7. The zero-order valence-corrected chi connectivity index (χ0v) is 18.6. The molecule has 0 bridgehead atoms. The molecule has 0 spiro atoms. The maximum Gasteiger partial charge on any atom is 0.222 e. The number of carbonyl (C=O) groups is 2. The van der Waals surface area contributed by atoms with Gasteiger partial charge < -0.3 is 24.4 Å². The Kier molecular flexibility index (Phi) is 7.58. The van der Waals surface area contributed by atoms with E-state index in [0.717, 1.165) is 70.2 Å². The second-order valence-corrected chi connectivity index (χ2v) is 8.98. The first-order valence-electron chi connectivity index (χ1n) is 11.6. The van der Waals surface area contributed by atoms with Gasteiger partial charge in [0, 0.05) is 58.7 Å². The van der Waals surface area contributed by atoms with E-state index in [4.69, 9.17) is 9.26 Å². The Morgan fingerprint density at radius 3 is 2.58 bits per heavy atom. The number of nitrogens with one attached hydrogen (secondary N) is 1. The second kappa shape index (κ2) is 10.6. The molecule has 3 aliphatic rings. The minimum absolute atomic E-state index is 0.0890. The molecule has 4 rings (SSSR count). The van der Waals surface area contributed by atoms with E-state index in [1.807, 2.05) is 9.80 Å². The molecule has 1 N–H and O–H groups in total. The lowest BCUT2D eigenvalue weighted by Gasteiger charge is -2.37. The summed E-state index contributed by atoms with van der Waals surface area (Å²) in [5.41, 5.74) is 0.976. The van der Waals surface area contributed by atoms with Gasteiger partial charge in [-0.25, -0.2) is 0 Å². The molecule has 31 heavy (non-hydrogen) atoms. The Bertz CT molecular complexity index is 740. The molecule has 9 nitrogen and oxygen atoms in total. The molecule has 3 aliphatic heterocycles. The third-order valence-electron chi connectivity index (χ3n) is 6.84. The van der Waals surface area contributed by atoms with Crippen molar-refractivity contribution in [3.05, 3.63) is 17.5 Å². The molecule has 2 atom stereocenters. The van der Waals surface area contributed by atoms with Gasteiger partial charge in [-0.05, 0) is 37.8 Å². The van der Waals surface area contributed by atoms with Crippen molar-refractivity contribution in [2.75, 3.05) is 65.6 Å². The van der Waals surface area contributed by atoms with Gasteiger partial charge in [0.05, 0.1) is 25.5 Å². The summed E-state index contributed by atoms with van der Waals surface area (Å²) in [6.45, 7) is 10.2. The van der Waals surface area contributed by atoms with Crippen molar-refractivity contribution in [2.24, 2.45) is 11.8 Å². The van der Waals surface area contributed by atoms with Crippen LogP contribution < -0.4 is 5.32 Å². The Balaban J connectivity index is 1.28. The van der Waals surface area contributed by atoms with E-state index in [-0.39, 0.29) is 11.8 Å². The summed E-state index contributed by atoms with van der Waals surface area (Å²) in [5.74, 6) is 1.92. The van der Waals surface area contributed by atoms with Crippen molar-refractivity contribution in [3.63, 3.8) is 0 Å². The summed E-state index contributed by atoms with van der Waals surface area (Å²) in [4.78, 5) is 30.5. The van der Waals surface area contributed by atoms with Gasteiger partial charge >= 0.3 is 0 Å². The first-order chi connectivity index (χ1) is 15.1. The quantitative estimate of drug-likeness (QED) is 0.692. The Labute approximate surface area is 184 Å². The van der Waals surface area contributed by atoms with E-state index in [0.29, 0.717) is 44.4 Å². The second-order valence-electron chi connectivity index (χ2n) is 8.98. The molecule has 3 fully saturated rings. The van der Waals surface area contributed by atoms with Crippen LogP contribution in [0.2, 0.25) is 0 Å². The zero-order valence-electron chi connectivity index (χ0n) is 18.6. The van der Waals surface area contributed by atoms with Crippen LogP contribution in [0.4, 0.5) is 0 Å². The van der Waals surface area contributed by atoms with Crippen molar-refractivity contribution < 1.29 is 18.8 Å². The first kappa shape index (κ1) is 22.2. The fraction of sp³-hybridized carbons (Fsp3) is 0.773. The molecule has 1 aromatic heterocycles. The number of piperazine rings is 1. The van der Waals surface area contributed by atoms with Crippen LogP contribution in [0.1, 0.15) is 31.2 Å². The topological polar surface area (TPSA) is 91.2 Å². The average molecular weight is 434 g/mol. The molecule has 0 aromatic carbocycles. The van der Waals surface area contributed by atoms with E-state index in [1.54, 1.807) is 6.92 Å². The molecule has 1 aromatic rings. The van der Waals surface area contributed by atoms with Gasteiger partial charge in [0.25, 0.3) is 0 Å². The van der Waals surface area contributed by atoms with Crippen LogP contribution >= 0.6 is 0 Å². The highest BCUT2D eigenvalue weighted by Crippen LogP contribution is 2.27. The van der Waals surface area contributed by atoms with Crippen LogP contribution in [0.15, 0.2) is 10.6 Å². The lowest BCUT2D eigenvalue weighted by atomic mass is 9.81. The number of carbonyl (C=O) groups excluding carboxylic acids is 2. The third-order valence-corrected chi connectivity index (χ3v) is 6.84. The van der Waals surface area contributed by atoms with Crippen molar-refractivity contribution >= 4 is 11.8 Å². The van der Waals surface area contributed by atoms with Gasteiger partial charge in [-0.3, -0.25) is 14.5 Å². The first-order valence-corrected chi connectivity index (χ1v) is 11.6. The van der Waals surface area contributed by atoms with E-state index in [2.05, 4.69) is 21.4 Å². The molecule has 3 saturated heterocycles. The Hall–Kier alpha value is -1.97. The van der Waals surface area contributed by atoms with Gasteiger partial charge in [0.1, 0.15) is 0 Å². The Morgan fingerprint density at radius 1 is 1.10 bits per heavy atom. The average Bonchev–Trinajstić information content (AvgIpc) is 3.22. The highest BCUT2D eigenvalue weighted by atomic mass is 16.5. The summed E-state index contributed by atoms with van der Waals surface area (Å²) in [5, 5.41) is 7.79. The highest BCUT2D eigenvalue weighted by molar-refractivity contribution is 5.77. The Morgan fingerprint density at radius 2 is 1.84 bits per heavy atom. The highest BCUT2D eigenvalue weighted by Gasteiger charge is 2.31. The largest absolute Gasteiger partial charge is 0.379 e. The fourth-order valence-corrected chi connectivity index (χ4v) is 4.88. The number of rotatable bonds is 6. The zero-order chi connectivity index (χ0) is 21.6. The van der Waals surface area contributed by atoms with Crippen LogP contribution in [-0.2, 0) is 27.3 Å². The molecule has 0 radical (unpaired) electrons. The normalized spacial score (nSPS) is 25.6. The maximum atomic E-state index is 12.9. The van der Waals surface area contributed by atoms with Gasteiger partial charge in [-0.1, -0.05) is 5.16 Å². The van der Waals surface area contributed by atoms with Crippen molar-refractivity contribution in [1.82, 2.24) is 25.2 Å². The minimum atomic E-state index is 0.0890. The van der Waals surface area contributed by atoms with Crippen molar-refractivity contribution in [2.45, 2.75) is 32.7 Å². The lowest BCUT2D eigenvalue weighted by Crippen LogP contribution is -2.51. The monoisotopic (exact) mass is 433 g/mol. The third kappa shape index (κ3) is 6.05. The molecule has 0 aliphatic carbocycles. The van der Waals surface area contributed by atoms with Gasteiger partial charge in [0.15, 0.2) is 5.76 Å². The number of aromatic nitrogens is 1. The molecule has 2 amide bonds. The number of morpholine rings is 1. The van der Waals surface area contributed by atoms with Crippen molar-refractivity contribution in [3.8, 4) is 0 Å². The van der Waals surface area contributed by atoms with Crippen LogP contribution in [0.5, 0.6) is 0 Å². The summed E-state index contributed by atoms with van der Waals surface area (Å²) < 4.78 is 11.0. The summed E-state index contributed by atoms with van der Waals surface area (Å²) >= 11 is 0. The number of amides is 2. The molecular weight excluding hydrogens is 398 g/mol. The van der Waals surface area contributed by atoms with Gasteiger partial charge in [-0.2, -0.15) is 0 Å². The van der Waals surface area contributed by atoms with Crippen LogP contribution in [-0.4, -0.2) is 97.2 Å². The van der Waals surface area contributed by atoms with Crippen LogP contribution in [0.3, 0.4) is 0 Å². The molecule has 0 saturated carbocycles. The lowest BCUT2D eigenvalue weighted by molar-refractivity contribution is -0.139.